The van der Waals surface area contributed by atoms with Gasteiger partial charge in [0.1, 0.15) is 10.5 Å². The maximum absolute atomic E-state index is 12.3. The fraction of sp³-hybridized carbons (Fsp3) is 0.267. The van der Waals surface area contributed by atoms with E-state index < -0.39 is 5.97 Å². The zero-order valence-electron chi connectivity index (χ0n) is 12.7. The van der Waals surface area contributed by atoms with E-state index in [0.717, 1.165) is 0 Å². The molecule has 0 spiro atoms. The third kappa shape index (κ3) is 2.91. The molecule has 8 heteroatoms. The van der Waals surface area contributed by atoms with Gasteiger partial charge in [0, 0.05) is 7.05 Å². The molecule has 3 aromatic rings. The number of fused-ring (bicyclic) bond motifs is 1. The van der Waals surface area contributed by atoms with Gasteiger partial charge >= 0.3 is 5.97 Å². The van der Waals surface area contributed by atoms with Gasteiger partial charge in [0.15, 0.2) is 5.16 Å². The number of hydrogen-bond donors (Lipinski definition) is 0. The first-order valence-corrected chi connectivity index (χ1v) is 8.56. The van der Waals surface area contributed by atoms with Crippen LogP contribution in [0, 0.1) is 0 Å². The number of furan rings is 1. The van der Waals surface area contributed by atoms with Gasteiger partial charge < -0.3 is 9.15 Å². The van der Waals surface area contributed by atoms with Gasteiger partial charge in [-0.05, 0) is 30.5 Å². The van der Waals surface area contributed by atoms with E-state index in [0.29, 0.717) is 21.1 Å². The maximum Gasteiger partial charge on any atom is 0.373 e. The lowest BCUT2D eigenvalue weighted by Crippen LogP contribution is -2.19. The Kier molecular flexibility index (Phi) is 4.27. The fourth-order valence-corrected chi connectivity index (χ4v) is 3.83. The summed E-state index contributed by atoms with van der Waals surface area (Å²) in [5.74, 6) is 0.263. The van der Waals surface area contributed by atoms with Crippen molar-refractivity contribution < 1.29 is 13.9 Å². The highest BCUT2D eigenvalue weighted by Gasteiger charge is 2.19. The van der Waals surface area contributed by atoms with Crippen molar-refractivity contribution in [3.8, 4) is 0 Å². The van der Waals surface area contributed by atoms with Crippen molar-refractivity contribution in [3.63, 3.8) is 0 Å². The van der Waals surface area contributed by atoms with Crippen LogP contribution in [0.15, 0.2) is 37.9 Å². The summed E-state index contributed by atoms with van der Waals surface area (Å²) in [4.78, 5) is 28.3. The van der Waals surface area contributed by atoms with Gasteiger partial charge in [0.2, 0.25) is 5.76 Å². The summed E-state index contributed by atoms with van der Waals surface area (Å²) < 4.78 is 12.3. The number of rotatable bonds is 4. The minimum Gasteiger partial charge on any atom is -0.463 e. The number of carbonyl (C=O) groups is 1. The topological polar surface area (TPSA) is 74.3 Å². The second-order valence-electron chi connectivity index (χ2n) is 4.85. The van der Waals surface area contributed by atoms with Crippen LogP contribution in [0.25, 0.3) is 10.2 Å². The number of thioether (sulfide) groups is 1. The molecule has 0 saturated heterocycles. The van der Waals surface area contributed by atoms with Crippen molar-refractivity contribution in [1.82, 2.24) is 9.55 Å². The summed E-state index contributed by atoms with van der Waals surface area (Å²) in [6.45, 7) is 1.93. The van der Waals surface area contributed by atoms with Crippen molar-refractivity contribution in [1.29, 1.82) is 0 Å². The molecule has 0 aromatic carbocycles. The molecule has 23 heavy (non-hydrogen) atoms. The highest BCUT2D eigenvalue weighted by molar-refractivity contribution is 7.99. The Labute approximate surface area is 140 Å². The van der Waals surface area contributed by atoms with Crippen LogP contribution in [-0.2, 0) is 11.8 Å². The van der Waals surface area contributed by atoms with E-state index in [1.54, 1.807) is 19.2 Å². The van der Waals surface area contributed by atoms with Crippen LogP contribution < -0.4 is 5.56 Å². The number of ether oxygens (including phenoxy) is 1. The molecule has 0 saturated carbocycles. The standard InChI is InChI=1S/C15H14N2O4S2/c1-8(10-4-5-11(21-10)14(19)20-3)23-15-16-9-6-7-22-12(9)13(18)17(15)2/h4-8H,1-3H3. The molecule has 0 N–H and O–H groups in total. The quantitative estimate of drug-likeness (QED) is 0.409. The summed E-state index contributed by atoms with van der Waals surface area (Å²) in [5.41, 5.74) is 0.636. The van der Waals surface area contributed by atoms with Crippen LogP contribution in [0.1, 0.15) is 28.5 Å². The molecule has 1 unspecified atom stereocenters. The van der Waals surface area contributed by atoms with Crippen molar-refractivity contribution in [2.75, 3.05) is 7.11 Å². The average molecular weight is 350 g/mol. The summed E-state index contributed by atoms with van der Waals surface area (Å²) >= 11 is 2.79. The molecule has 1 atom stereocenters. The Morgan fingerprint density at radius 3 is 2.96 bits per heavy atom. The summed E-state index contributed by atoms with van der Waals surface area (Å²) in [6, 6.07) is 5.14. The Morgan fingerprint density at radius 2 is 2.22 bits per heavy atom. The lowest BCUT2D eigenvalue weighted by atomic mass is 10.3. The predicted octanol–water partition coefficient (Wildman–Crippen LogP) is 3.23. The lowest BCUT2D eigenvalue weighted by Gasteiger charge is -2.11. The number of carbonyl (C=O) groups excluding carboxylic acids is 1. The second-order valence-corrected chi connectivity index (χ2v) is 7.07. The molecule has 6 nitrogen and oxygen atoms in total. The fourth-order valence-electron chi connectivity index (χ4n) is 2.07. The molecule has 0 aliphatic rings. The van der Waals surface area contributed by atoms with Crippen LogP contribution >= 0.6 is 23.1 Å². The van der Waals surface area contributed by atoms with Crippen LogP contribution in [0.5, 0.6) is 0 Å². The van der Waals surface area contributed by atoms with E-state index in [1.807, 2.05) is 18.4 Å². The van der Waals surface area contributed by atoms with Gasteiger partial charge in [-0.25, -0.2) is 9.78 Å². The number of hydrogen-bond acceptors (Lipinski definition) is 7. The monoisotopic (exact) mass is 350 g/mol. The number of esters is 1. The average Bonchev–Trinajstić information content (AvgIpc) is 3.20. The van der Waals surface area contributed by atoms with Gasteiger partial charge in [0.25, 0.3) is 5.56 Å². The van der Waals surface area contributed by atoms with Crippen LogP contribution in [0.4, 0.5) is 0 Å². The minimum absolute atomic E-state index is 0.0607. The van der Waals surface area contributed by atoms with E-state index in [9.17, 15) is 9.59 Å². The van der Waals surface area contributed by atoms with Crippen molar-refractivity contribution in [2.45, 2.75) is 17.3 Å². The van der Waals surface area contributed by atoms with Gasteiger partial charge in [0.05, 0.1) is 17.9 Å². The summed E-state index contributed by atoms with van der Waals surface area (Å²) in [6.07, 6.45) is 0. The molecular weight excluding hydrogens is 336 g/mol. The van der Waals surface area contributed by atoms with Crippen LogP contribution in [0.3, 0.4) is 0 Å². The largest absolute Gasteiger partial charge is 0.463 e. The molecule has 3 aromatic heterocycles. The Bertz CT molecular complexity index is 925. The van der Waals surface area contributed by atoms with E-state index in [4.69, 9.17) is 4.42 Å². The minimum atomic E-state index is -0.515. The molecule has 0 amide bonds. The van der Waals surface area contributed by atoms with E-state index in [1.165, 1.54) is 34.8 Å². The summed E-state index contributed by atoms with van der Waals surface area (Å²) in [7, 11) is 3.00. The molecule has 3 rings (SSSR count). The number of nitrogens with zero attached hydrogens (tertiary/aromatic N) is 2. The first kappa shape index (κ1) is 15.8. The van der Waals surface area contributed by atoms with Crippen molar-refractivity contribution in [2.24, 2.45) is 7.05 Å². The summed E-state index contributed by atoms with van der Waals surface area (Å²) in [5, 5.41) is 2.35. The molecule has 0 fully saturated rings. The second kappa shape index (κ2) is 6.21. The Balaban J connectivity index is 1.89. The van der Waals surface area contributed by atoms with E-state index in [2.05, 4.69) is 9.72 Å². The Morgan fingerprint density at radius 1 is 1.43 bits per heavy atom. The van der Waals surface area contributed by atoms with Gasteiger partial charge in [-0.15, -0.1) is 11.3 Å². The van der Waals surface area contributed by atoms with Crippen LogP contribution in [-0.4, -0.2) is 22.6 Å². The predicted molar refractivity (Wildman–Crippen MR) is 89.2 cm³/mol. The van der Waals surface area contributed by atoms with Crippen LogP contribution in [0.2, 0.25) is 0 Å². The highest BCUT2D eigenvalue weighted by atomic mass is 32.2. The molecular formula is C15H14N2O4S2. The van der Waals surface area contributed by atoms with Crippen molar-refractivity contribution >= 4 is 39.3 Å². The third-order valence-electron chi connectivity index (χ3n) is 3.34. The third-order valence-corrected chi connectivity index (χ3v) is 5.40. The first-order chi connectivity index (χ1) is 11.0. The highest BCUT2D eigenvalue weighted by Crippen LogP contribution is 2.34. The van der Waals surface area contributed by atoms with E-state index >= 15 is 0 Å². The zero-order chi connectivity index (χ0) is 16.6. The van der Waals surface area contributed by atoms with Gasteiger partial charge in [-0.1, -0.05) is 11.8 Å². The van der Waals surface area contributed by atoms with Gasteiger partial charge in [-0.3, -0.25) is 9.36 Å². The zero-order valence-corrected chi connectivity index (χ0v) is 14.4. The van der Waals surface area contributed by atoms with Crippen molar-refractivity contribution in [3.05, 3.63) is 45.5 Å². The normalized spacial score (nSPS) is 12.5. The SMILES string of the molecule is COC(=O)c1ccc(C(C)Sc2nc3ccsc3c(=O)n2C)o1. The molecule has 0 aliphatic heterocycles. The lowest BCUT2D eigenvalue weighted by molar-refractivity contribution is 0.0563. The maximum atomic E-state index is 12.3. The molecule has 0 radical (unpaired) electrons. The molecule has 3 heterocycles. The van der Waals surface area contributed by atoms with Gasteiger partial charge in [-0.2, -0.15) is 0 Å². The first-order valence-electron chi connectivity index (χ1n) is 6.80. The smallest absolute Gasteiger partial charge is 0.373 e. The molecule has 0 aliphatic carbocycles. The number of methoxy groups -OCH3 is 1. The molecule has 0 bridgehead atoms. The Hall–Kier alpha value is -2.06. The molecule has 120 valence electrons. The number of thiophene rings is 1. The number of aromatic nitrogens is 2. The van der Waals surface area contributed by atoms with E-state index in [-0.39, 0.29) is 16.6 Å².